The number of hydrogen-bond donors (Lipinski definition) is 3. The van der Waals surface area contributed by atoms with Crippen molar-refractivity contribution in [1.29, 1.82) is 0 Å². The van der Waals surface area contributed by atoms with Gasteiger partial charge in [-0.15, -0.1) is 0 Å². The maximum absolute atomic E-state index is 12.8. The van der Waals surface area contributed by atoms with Gasteiger partial charge in [0, 0.05) is 6.42 Å². The van der Waals surface area contributed by atoms with Crippen LogP contribution in [-0.2, 0) is 18.4 Å². The third-order valence-corrected chi connectivity index (χ3v) is 10.2. The fourth-order valence-electron chi connectivity index (χ4n) is 5.82. The van der Waals surface area contributed by atoms with E-state index >= 15 is 0 Å². The molecule has 50 heavy (non-hydrogen) atoms. The monoisotopic (exact) mass is 730 g/mol. The molecule has 0 spiro atoms. The summed E-state index contributed by atoms with van der Waals surface area (Å²) in [6.45, 7) is 4.74. The SMILES string of the molecule is CCCCC/C=C/CC/C=C/C(O)C(COP(=O)(O)OCC[N+](C)(C)C)NC(=O)CCCCCCCCCCCCCCCCCCCCC. The topological polar surface area (TPSA) is 105 Å². The summed E-state index contributed by atoms with van der Waals surface area (Å²) in [7, 11) is 1.56. The van der Waals surface area contributed by atoms with Gasteiger partial charge in [0.05, 0.1) is 39.9 Å². The lowest BCUT2D eigenvalue weighted by Gasteiger charge is -2.25. The second kappa shape index (κ2) is 33.8. The number of likely N-dealkylation sites (N-methyl/N-ethyl adjacent to an activating group) is 1. The number of phosphoric acid groups is 1. The van der Waals surface area contributed by atoms with E-state index in [1.807, 2.05) is 27.2 Å². The third-order valence-electron chi connectivity index (χ3n) is 9.17. The molecule has 0 heterocycles. The van der Waals surface area contributed by atoms with Gasteiger partial charge in [0.2, 0.25) is 5.91 Å². The van der Waals surface area contributed by atoms with E-state index in [4.69, 9.17) is 9.05 Å². The number of nitrogens with one attached hydrogen (secondary N) is 1. The molecule has 0 aromatic carbocycles. The lowest BCUT2D eigenvalue weighted by molar-refractivity contribution is -0.870. The number of unbranched alkanes of at least 4 members (excludes halogenated alkanes) is 22. The zero-order chi connectivity index (χ0) is 37.2. The molecule has 0 aliphatic carbocycles. The van der Waals surface area contributed by atoms with Crippen LogP contribution in [0.2, 0.25) is 0 Å². The molecule has 0 radical (unpaired) electrons. The molecule has 1 amide bonds. The van der Waals surface area contributed by atoms with Crippen LogP contribution in [-0.4, -0.2) is 73.4 Å². The van der Waals surface area contributed by atoms with Crippen molar-refractivity contribution < 1.29 is 32.9 Å². The first-order valence-electron chi connectivity index (χ1n) is 20.7. The highest BCUT2D eigenvalue weighted by Crippen LogP contribution is 2.43. The number of allylic oxidation sites excluding steroid dienone is 3. The molecule has 3 N–H and O–H groups in total. The van der Waals surface area contributed by atoms with Crippen LogP contribution in [0, 0.1) is 0 Å². The van der Waals surface area contributed by atoms with Gasteiger partial charge in [0.15, 0.2) is 0 Å². The van der Waals surface area contributed by atoms with E-state index in [1.165, 1.54) is 122 Å². The smallest absolute Gasteiger partial charge is 0.387 e. The van der Waals surface area contributed by atoms with Crippen LogP contribution in [0.25, 0.3) is 0 Å². The largest absolute Gasteiger partial charge is 0.472 e. The van der Waals surface area contributed by atoms with Gasteiger partial charge < -0.3 is 19.8 Å². The quantitative estimate of drug-likeness (QED) is 0.0254. The van der Waals surface area contributed by atoms with Crippen molar-refractivity contribution in [3.8, 4) is 0 Å². The number of phosphoric ester groups is 1. The van der Waals surface area contributed by atoms with Gasteiger partial charge in [-0.3, -0.25) is 13.8 Å². The number of amides is 1. The van der Waals surface area contributed by atoms with Crippen molar-refractivity contribution in [2.24, 2.45) is 0 Å². The number of aliphatic hydroxyl groups excluding tert-OH is 1. The van der Waals surface area contributed by atoms with Crippen LogP contribution in [0.1, 0.15) is 181 Å². The normalized spacial score (nSPS) is 14.8. The lowest BCUT2D eigenvalue weighted by atomic mass is 10.0. The minimum atomic E-state index is -4.33. The fourth-order valence-corrected chi connectivity index (χ4v) is 6.56. The second-order valence-electron chi connectivity index (χ2n) is 15.4. The fraction of sp³-hybridized carbons (Fsp3) is 0.878. The van der Waals surface area contributed by atoms with E-state index in [1.54, 1.807) is 6.08 Å². The van der Waals surface area contributed by atoms with Gasteiger partial charge in [-0.05, 0) is 32.1 Å². The third kappa shape index (κ3) is 35.4. The molecular weight excluding hydrogens is 647 g/mol. The van der Waals surface area contributed by atoms with Crippen molar-refractivity contribution >= 4 is 13.7 Å². The Morgan fingerprint density at radius 1 is 0.660 bits per heavy atom. The number of quaternary nitrogens is 1. The summed E-state index contributed by atoms with van der Waals surface area (Å²) >= 11 is 0. The Morgan fingerprint density at radius 2 is 1.10 bits per heavy atom. The summed E-state index contributed by atoms with van der Waals surface area (Å²) in [6, 6.07) is -0.855. The highest BCUT2D eigenvalue weighted by Gasteiger charge is 2.27. The summed E-state index contributed by atoms with van der Waals surface area (Å²) < 4.78 is 23.4. The molecule has 0 fully saturated rings. The van der Waals surface area contributed by atoms with Gasteiger partial charge in [-0.2, -0.15) is 0 Å². The molecule has 0 aromatic heterocycles. The molecule has 0 bridgehead atoms. The first-order chi connectivity index (χ1) is 24.0. The van der Waals surface area contributed by atoms with E-state index in [9.17, 15) is 19.4 Å². The van der Waals surface area contributed by atoms with Crippen molar-refractivity contribution in [2.45, 2.75) is 193 Å². The maximum atomic E-state index is 12.8. The summed E-state index contributed by atoms with van der Waals surface area (Å²) in [5.41, 5.74) is 0. The van der Waals surface area contributed by atoms with Crippen LogP contribution in [0.3, 0.4) is 0 Å². The van der Waals surface area contributed by atoms with Crippen molar-refractivity contribution in [1.82, 2.24) is 5.32 Å². The molecule has 0 aliphatic rings. The number of nitrogens with zero attached hydrogens (tertiary/aromatic N) is 1. The van der Waals surface area contributed by atoms with Gasteiger partial charge in [-0.1, -0.05) is 167 Å². The lowest BCUT2D eigenvalue weighted by Crippen LogP contribution is -2.45. The molecule has 0 aromatic rings. The zero-order valence-corrected chi connectivity index (χ0v) is 34.3. The molecule has 0 aliphatic heterocycles. The Balaban J connectivity index is 4.32. The van der Waals surface area contributed by atoms with E-state index in [2.05, 4.69) is 31.3 Å². The van der Waals surface area contributed by atoms with E-state index in [0.29, 0.717) is 17.4 Å². The van der Waals surface area contributed by atoms with Crippen LogP contribution < -0.4 is 5.32 Å². The maximum Gasteiger partial charge on any atom is 0.472 e. The Bertz CT molecular complexity index is 876. The standard InChI is InChI=1S/C41H81N2O6P/c1-6-8-10-12-14-16-17-18-19-20-21-22-23-24-25-27-29-31-33-35-41(45)42-39(38-49-50(46,47)48-37-36-43(3,4)5)40(44)34-32-30-28-26-15-13-11-9-7-2/h15,26,32,34,39-40,44H,6-14,16-25,27-31,33,35-38H2,1-5H3,(H-,42,45,46,47)/p+1/b26-15+,34-32+. The molecule has 3 atom stereocenters. The van der Waals surface area contributed by atoms with Crippen LogP contribution >= 0.6 is 7.82 Å². The van der Waals surface area contributed by atoms with Gasteiger partial charge in [-0.25, -0.2) is 4.57 Å². The Kier molecular flexibility index (Phi) is 33.1. The molecule has 0 saturated heterocycles. The van der Waals surface area contributed by atoms with Crippen LogP contribution in [0.4, 0.5) is 0 Å². The average Bonchev–Trinajstić information content (AvgIpc) is 3.06. The molecule has 0 rings (SSSR count). The number of hydrogen-bond acceptors (Lipinski definition) is 5. The summed E-state index contributed by atoms with van der Waals surface area (Å²) in [6.07, 6.45) is 38.3. The Hall–Kier alpha value is -1.02. The Labute approximate surface area is 309 Å². The highest BCUT2D eigenvalue weighted by atomic mass is 31.2. The van der Waals surface area contributed by atoms with Crippen LogP contribution in [0.5, 0.6) is 0 Å². The zero-order valence-electron chi connectivity index (χ0n) is 33.4. The van der Waals surface area contributed by atoms with Gasteiger partial charge in [0.1, 0.15) is 13.2 Å². The van der Waals surface area contributed by atoms with Crippen LogP contribution in [0.15, 0.2) is 24.3 Å². The summed E-state index contributed by atoms with van der Waals surface area (Å²) in [5.74, 6) is -0.188. The number of aliphatic hydroxyl groups is 1. The Morgan fingerprint density at radius 3 is 1.60 bits per heavy atom. The molecule has 0 saturated carbocycles. The minimum absolute atomic E-state index is 0.0577. The predicted molar refractivity (Wildman–Crippen MR) is 212 cm³/mol. The van der Waals surface area contributed by atoms with Gasteiger partial charge >= 0.3 is 7.82 Å². The molecule has 8 nitrogen and oxygen atoms in total. The predicted octanol–water partition coefficient (Wildman–Crippen LogP) is 11.0. The van der Waals surface area contributed by atoms with Crippen molar-refractivity contribution in [3.05, 3.63) is 24.3 Å². The van der Waals surface area contributed by atoms with E-state index < -0.39 is 20.0 Å². The molecule has 296 valence electrons. The molecule has 9 heteroatoms. The van der Waals surface area contributed by atoms with E-state index in [-0.39, 0.29) is 19.1 Å². The summed E-state index contributed by atoms with van der Waals surface area (Å²) in [5, 5.41) is 13.7. The average molecular weight is 730 g/mol. The number of rotatable bonds is 37. The highest BCUT2D eigenvalue weighted by molar-refractivity contribution is 7.47. The number of carbonyl (C=O) groups excluding carboxylic acids is 1. The number of carbonyl (C=O) groups is 1. The summed E-state index contributed by atoms with van der Waals surface area (Å²) in [4.78, 5) is 23.0. The van der Waals surface area contributed by atoms with Gasteiger partial charge in [0.25, 0.3) is 0 Å². The second-order valence-corrected chi connectivity index (χ2v) is 16.8. The molecular formula is C41H82N2O6P+. The van der Waals surface area contributed by atoms with E-state index in [0.717, 1.165) is 38.5 Å². The first-order valence-corrected chi connectivity index (χ1v) is 22.2. The van der Waals surface area contributed by atoms with Crippen molar-refractivity contribution in [2.75, 3.05) is 40.9 Å². The first kappa shape index (κ1) is 49.0. The van der Waals surface area contributed by atoms with Crippen molar-refractivity contribution in [3.63, 3.8) is 0 Å². The minimum Gasteiger partial charge on any atom is -0.387 e. The molecule has 3 unspecified atom stereocenters.